The molecule has 5 nitrogen and oxygen atoms in total. The molecule has 3 rings (SSSR count). The predicted molar refractivity (Wildman–Crippen MR) is 82.9 cm³/mol. The zero-order valence-corrected chi connectivity index (χ0v) is 12.7. The van der Waals surface area contributed by atoms with Crippen molar-refractivity contribution in [2.45, 2.75) is 6.42 Å². The number of carbonyl (C=O) groups excluding carboxylic acids is 3. The number of hydrogen-bond acceptors (Lipinski definition) is 4. The topological polar surface area (TPSA) is 63.7 Å². The van der Waals surface area contributed by atoms with Crippen molar-refractivity contribution in [2.24, 2.45) is 0 Å². The summed E-state index contributed by atoms with van der Waals surface area (Å²) in [6.07, 6.45) is -0.200. The first kappa shape index (κ1) is 15.9. The van der Waals surface area contributed by atoms with Crippen LogP contribution < -0.4 is 0 Å². The highest BCUT2D eigenvalue weighted by Crippen LogP contribution is 2.21. The molecule has 1 aliphatic rings. The van der Waals surface area contributed by atoms with Crippen molar-refractivity contribution >= 4 is 17.8 Å². The molecule has 0 saturated heterocycles. The van der Waals surface area contributed by atoms with E-state index in [-0.39, 0.29) is 25.1 Å². The molecule has 0 saturated carbocycles. The third-order valence-corrected chi connectivity index (χ3v) is 3.75. The maximum Gasteiger partial charge on any atom is 0.310 e. The zero-order chi connectivity index (χ0) is 17.1. The van der Waals surface area contributed by atoms with Gasteiger partial charge in [0.1, 0.15) is 12.4 Å². The number of benzene rings is 2. The molecule has 122 valence electrons. The first-order valence-electron chi connectivity index (χ1n) is 7.42. The maximum absolute atomic E-state index is 13.5. The average Bonchev–Trinajstić information content (AvgIpc) is 2.82. The SMILES string of the molecule is O=C(Cc1ccccc1F)OCCN1C(=O)c2ccccc2C1=O. The van der Waals surface area contributed by atoms with Gasteiger partial charge in [-0.1, -0.05) is 30.3 Å². The van der Waals surface area contributed by atoms with Crippen LogP contribution in [0, 0.1) is 5.82 Å². The molecule has 1 aliphatic heterocycles. The normalized spacial score (nSPS) is 13.1. The van der Waals surface area contributed by atoms with E-state index in [0.717, 1.165) is 4.90 Å². The molecule has 0 spiro atoms. The first-order valence-corrected chi connectivity index (χ1v) is 7.42. The fourth-order valence-electron chi connectivity index (χ4n) is 2.54. The number of fused-ring (bicyclic) bond motifs is 1. The Hall–Kier alpha value is -3.02. The van der Waals surface area contributed by atoms with E-state index in [1.54, 1.807) is 30.3 Å². The van der Waals surface area contributed by atoms with Gasteiger partial charge in [-0.05, 0) is 23.8 Å². The second kappa shape index (κ2) is 6.62. The highest BCUT2D eigenvalue weighted by Gasteiger charge is 2.34. The summed E-state index contributed by atoms with van der Waals surface area (Å²) in [5.41, 5.74) is 0.934. The lowest BCUT2D eigenvalue weighted by Gasteiger charge is -2.13. The van der Waals surface area contributed by atoms with E-state index in [2.05, 4.69) is 0 Å². The van der Waals surface area contributed by atoms with Gasteiger partial charge in [0.15, 0.2) is 0 Å². The van der Waals surface area contributed by atoms with E-state index in [9.17, 15) is 18.8 Å². The van der Waals surface area contributed by atoms with Gasteiger partial charge in [-0.25, -0.2) is 4.39 Å². The van der Waals surface area contributed by atoms with E-state index in [4.69, 9.17) is 4.74 Å². The number of hydrogen-bond donors (Lipinski definition) is 0. The van der Waals surface area contributed by atoms with Gasteiger partial charge in [0.25, 0.3) is 11.8 Å². The van der Waals surface area contributed by atoms with Crippen molar-refractivity contribution in [1.29, 1.82) is 0 Å². The lowest BCUT2D eigenvalue weighted by Crippen LogP contribution is -2.33. The summed E-state index contributed by atoms with van der Waals surface area (Å²) in [6, 6.07) is 12.5. The smallest absolute Gasteiger partial charge is 0.310 e. The number of ether oxygens (including phenoxy) is 1. The minimum absolute atomic E-state index is 0.0324. The molecule has 2 aromatic rings. The molecule has 0 radical (unpaired) electrons. The van der Waals surface area contributed by atoms with Gasteiger partial charge >= 0.3 is 5.97 Å². The Labute approximate surface area is 137 Å². The Morgan fingerprint density at radius 2 is 1.54 bits per heavy atom. The van der Waals surface area contributed by atoms with Crippen LogP contribution in [0.4, 0.5) is 4.39 Å². The number of amides is 2. The predicted octanol–water partition coefficient (Wildman–Crippen LogP) is 2.21. The molecule has 24 heavy (non-hydrogen) atoms. The van der Waals surface area contributed by atoms with Crippen LogP contribution in [-0.2, 0) is 16.0 Å². The van der Waals surface area contributed by atoms with Crippen molar-refractivity contribution in [3.8, 4) is 0 Å². The largest absolute Gasteiger partial charge is 0.464 e. The molecular formula is C18H14FNO4. The minimum atomic E-state index is -0.614. The molecule has 0 N–H and O–H groups in total. The van der Waals surface area contributed by atoms with E-state index in [1.807, 2.05) is 0 Å². The van der Waals surface area contributed by atoms with Crippen LogP contribution in [0.3, 0.4) is 0 Å². The van der Waals surface area contributed by atoms with Gasteiger partial charge in [0.2, 0.25) is 0 Å². The monoisotopic (exact) mass is 327 g/mol. The van der Waals surface area contributed by atoms with Crippen LogP contribution >= 0.6 is 0 Å². The van der Waals surface area contributed by atoms with Crippen molar-refractivity contribution in [3.63, 3.8) is 0 Å². The van der Waals surface area contributed by atoms with Gasteiger partial charge < -0.3 is 4.74 Å². The van der Waals surface area contributed by atoms with Crippen LogP contribution in [0.5, 0.6) is 0 Å². The van der Waals surface area contributed by atoms with Crippen LogP contribution in [0.1, 0.15) is 26.3 Å². The molecule has 0 bridgehead atoms. The molecule has 0 unspecified atom stereocenters. The van der Waals surface area contributed by atoms with Gasteiger partial charge in [0.05, 0.1) is 24.1 Å². The highest BCUT2D eigenvalue weighted by molar-refractivity contribution is 6.21. The molecule has 0 aliphatic carbocycles. The van der Waals surface area contributed by atoms with Crippen LogP contribution in [-0.4, -0.2) is 35.8 Å². The van der Waals surface area contributed by atoms with E-state index in [0.29, 0.717) is 11.1 Å². The standard InChI is InChI=1S/C18H14FNO4/c19-15-8-4-1-5-12(15)11-16(21)24-10-9-20-17(22)13-6-2-3-7-14(13)18(20)23/h1-8H,9-11H2. The zero-order valence-electron chi connectivity index (χ0n) is 12.7. The molecular weight excluding hydrogens is 313 g/mol. The van der Waals surface area contributed by atoms with Crippen molar-refractivity contribution < 1.29 is 23.5 Å². The Morgan fingerprint density at radius 3 is 2.17 bits per heavy atom. The molecule has 2 amide bonds. The van der Waals surface area contributed by atoms with E-state index < -0.39 is 23.6 Å². The third kappa shape index (κ3) is 3.03. The molecule has 0 atom stereocenters. The average molecular weight is 327 g/mol. The van der Waals surface area contributed by atoms with Crippen molar-refractivity contribution in [1.82, 2.24) is 4.90 Å². The number of imide groups is 1. The van der Waals surface area contributed by atoms with Crippen LogP contribution in [0.2, 0.25) is 0 Å². The quantitative estimate of drug-likeness (QED) is 0.624. The number of nitrogens with zero attached hydrogens (tertiary/aromatic N) is 1. The Kier molecular flexibility index (Phi) is 4.37. The first-order chi connectivity index (χ1) is 11.6. The van der Waals surface area contributed by atoms with Crippen LogP contribution in [0.25, 0.3) is 0 Å². The Bertz CT molecular complexity index is 783. The lowest BCUT2D eigenvalue weighted by atomic mass is 10.1. The molecule has 0 fully saturated rings. The van der Waals surface area contributed by atoms with Crippen molar-refractivity contribution in [3.05, 3.63) is 71.0 Å². The number of rotatable bonds is 5. The fraction of sp³-hybridized carbons (Fsp3) is 0.167. The highest BCUT2D eigenvalue weighted by atomic mass is 19.1. The molecule has 6 heteroatoms. The lowest BCUT2D eigenvalue weighted by molar-refractivity contribution is -0.143. The molecule has 2 aromatic carbocycles. The summed E-state index contributed by atoms with van der Waals surface area (Å²) < 4.78 is 18.5. The van der Waals surface area contributed by atoms with Gasteiger partial charge in [-0.15, -0.1) is 0 Å². The second-order valence-corrected chi connectivity index (χ2v) is 5.30. The third-order valence-electron chi connectivity index (χ3n) is 3.75. The Morgan fingerprint density at radius 1 is 0.958 bits per heavy atom. The summed E-state index contributed by atoms with van der Waals surface area (Å²) >= 11 is 0. The molecule has 0 aromatic heterocycles. The summed E-state index contributed by atoms with van der Waals surface area (Å²) in [6.45, 7) is -0.159. The molecule has 1 heterocycles. The van der Waals surface area contributed by atoms with Crippen molar-refractivity contribution in [2.75, 3.05) is 13.2 Å². The fourth-order valence-corrected chi connectivity index (χ4v) is 2.54. The maximum atomic E-state index is 13.5. The second-order valence-electron chi connectivity index (χ2n) is 5.30. The van der Waals surface area contributed by atoms with Gasteiger partial charge in [-0.3, -0.25) is 19.3 Å². The summed E-state index contributed by atoms with van der Waals surface area (Å²) in [5, 5.41) is 0. The van der Waals surface area contributed by atoms with E-state index >= 15 is 0 Å². The minimum Gasteiger partial charge on any atom is -0.464 e. The van der Waals surface area contributed by atoms with E-state index in [1.165, 1.54) is 18.2 Å². The summed E-state index contributed by atoms with van der Waals surface area (Å²) in [4.78, 5) is 37.1. The number of carbonyl (C=O) groups is 3. The summed E-state index contributed by atoms with van der Waals surface area (Å²) in [5.74, 6) is -1.90. The summed E-state index contributed by atoms with van der Waals surface area (Å²) in [7, 11) is 0. The van der Waals surface area contributed by atoms with Gasteiger partial charge in [0, 0.05) is 0 Å². The number of halogens is 1. The number of esters is 1. The Balaban J connectivity index is 1.54. The van der Waals surface area contributed by atoms with Crippen LogP contribution in [0.15, 0.2) is 48.5 Å². The van der Waals surface area contributed by atoms with Gasteiger partial charge in [-0.2, -0.15) is 0 Å².